The van der Waals surface area contributed by atoms with Gasteiger partial charge in [0.1, 0.15) is 5.75 Å². The number of benzene rings is 2. The van der Waals surface area contributed by atoms with Crippen LogP contribution in [-0.2, 0) is 4.79 Å². The Morgan fingerprint density at radius 2 is 1.92 bits per heavy atom. The molecule has 1 amide bonds. The summed E-state index contributed by atoms with van der Waals surface area (Å²) in [5.74, 6) is 0.367. The van der Waals surface area contributed by atoms with Crippen molar-refractivity contribution in [3.63, 3.8) is 0 Å². The third-order valence-electron chi connectivity index (χ3n) is 4.33. The average molecular weight is 379 g/mol. The van der Waals surface area contributed by atoms with Gasteiger partial charge in [0.05, 0.1) is 11.1 Å². The van der Waals surface area contributed by atoms with Crippen LogP contribution in [0.15, 0.2) is 48.5 Å². The van der Waals surface area contributed by atoms with E-state index in [-0.39, 0.29) is 18.6 Å². The molecule has 1 aliphatic heterocycles. The molecule has 132 valence electrons. The minimum Gasteiger partial charge on any atom is -0.482 e. The highest BCUT2D eigenvalue weighted by molar-refractivity contribution is 6.34. The van der Waals surface area contributed by atoms with Gasteiger partial charge in [0.25, 0.3) is 5.91 Å². The molecule has 2 aromatic rings. The van der Waals surface area contributed by atoms with Gasteiger partial charge < -0.3 is 14.5 Å². The Hall–Kier alpha value is -1.75. The summed E-state index contributed by atoms with van der Waals surface area (Å²) in [6.45, 7) is 2.25. The third kappa shape index (κ3) is 4.46. The molecule has 0 bridgehead atoms. The largest absolute Gasteiger partial charge is 0.482 e. The Balaban J connectivity index is 1.72. The maximum absolute atomic E-state index is 12.8. The molecule has 0 aromatic heterocycles. The first kappa shape index (κ1) is 18.1. The van der Waals surface area contributed by atoms with E-state index in [0.717, 1.165) is 18.7 Å². The lowest BCUT2D eigenvalue weighted by molar-refractivity contribution is -0.138. The Kier molecular flexibility index (Phi) is 5.84. The number of piperazine rings is 1. The van der Waals surface area contributed by atoms with Crippen molar-refractivity contribution in [2.45, 2.75) is 6.04 Å². The number of rotatable bonds is 4. The molecule has 25 heavy (non-hydrogen) atoms. The van der Waals surface area contributed by atoms with Crippen molar-refractivity contribution in [2.24, 2.45) is 0 Å². The quantitative estimate of drug-likeness (QED) is 0.808. The van der Waals surface area contributed by atoms with Gasteiger partial charge in [-0.25, -0.2) is 0 Å². The normalized spacial score (nSPS) is 18.2. The van der Waals surface area contributed by atoms with Gasteiger partial charge in [-0.2, -0.15) is 0 Å². The number of carbonyl (C=O) groups is 1. The fourth-order valence-corrected chi connectivity index (χ4v) is 3.32. The Morgan fingerprint density at radius 1 is 1.16 bits per heavy atom. The molecule has 1 heterocycles. The Labute approximate surface area is 157 Å². The van der Waals surface area contributed by atoms with Crippen molar-refractivity contribution in [3.8, 4) is 5.75 Å². The van der Waals surface area contributed by atoms with Gasteiger partial charge in [0, 0.05) is 30.7 Å². The van der Waals surface area contributed by atoms with E-state index in [1.807, 2.05) is 23.1 Å². The van der Waals surface area contributed by atoms with Crippen molar-refractivity contribution in [1.29, 1.82) is 0 Å². The molecule has 1 unspecified atom stereocenters. The molecule has 0 aliphatic carbocycles. The molecule has 1 saturated heterocycles. The molecule has 0 spiro atoms. The van der Waals surface area contributed by atoms with Crippen LogP contribution in [-0.4, -0.2) is 49.0 Å². The van der Waals surface area contributed by atoms with E-state index in [1.54, 1.807) is 18.2 Å². The van der Waals surface area contributed by atoms with Crippen molar-refractivity contribution >= 4 is 29.1 Å². The first-order valence-electron chi connectivity index (χ1n) is 8.15. The Bertz CT molecular complexity index is 739. The zero-order valence-corrected chi connectivity index (χ0v) is 15.5. The number of hydrogen-bond donors (Lipinski definition) is 0. The minimum absolute atomic E-state index is 0.0193. The van der Waals surface area contributed by atoms with E-state index in [9.17, 15) is 4.79 Å². The zero-order valence-electron chi connectivity index (χ0n) is 14.0. The molecule has 6 heteroatoms. The van der Waals surface area contributed by atoms with Gasteiger partial charge in [-0.05, 0) is 24.7 Å². The summed E-state index contributed by atoms with van der Waals surface area (Å²) < 4.78 is 5.62. The van der Waals surface area contributed by atoms with Crippen LogP contribution in [0.1, 0.15) is 11.6 Å². The van der Waals surface area contributed by atoms with Crippen LogP contribution in [0, 0.1) is 0 Å². The van der Waals surface area contributed by atoms with Crippen LogP contribution >= 0.6 is 23.2 Å². The highest BCUT2D eigenvalue weighted by Gasteiger charge is 2.30. The summed E-state index contributed by atoms with van der Waals surface area (Å²) in [6, 6.07) is 15.1. The molecular formula is C19H20Cl2N2O2. The van der Waals surface area contributed by atoms with Crippen LogP contribution in [0.5, 0.6) is 5.75 Å². The van der Waals surface area contributed by atoms with Gasteiger partial charge in [0.2, 0.25) is 0 Å². The topological polar surface area (TPSA) is 32.8 Å². The molecular weight excluding hydrogens is 359 g/mol. The van der Waals surface area contributed by atoms with Crippen LogP contribution in [0.4, 0.5) is 0 Å². The fourth-order valence-electron chi connectivity index (χ4n) is 2.99. The van der Waals surface area contributed by atoms with E-state index >= 15 is 0 Å². The summed E-state index contributed by atoms with van der Waals surface area (Å²) in [7, 11) is 2.07. The molecule has 1 fully saturated rings. The van der Waals surface area contributed by atoms with E-state index < -0.39 is 0 Å². The number of amides is 1. The monoisotopic (exact) mass is 378 g/mol. The van der Waals surface area contributed by atoms with Crippen LogP contribution in [0.3, 0.4) is 0 Å². The summed E-state index contributed by atoms with van der Waals surface area (Å²) in [5, 5.41) is 0.962. The van der Waals surface area contributed by atoms with Gasteiger partial charge in [0.15, 0.2) is 6.61 Å². The van der Waals surface area contributed by atoms with E-state index in [0.29, 0.717) is 22.3 Å². The van der Waals surface area contributed by atoms with Gasteiger partial charge in [-0.3, -0.25) is 4.79 Å². The molecule has 4 nitrogen and oxygen atoms in total. The van der Waals surface area contributed by atoms with Crippen molar-refractivity contribution in [2.75, 3.05) is 33.3 Å². The van der Waals surface area contributed by atoms with Crippen molar-refractivity contribution in [3.05, 3.63) is 64.1 Å². The van der Waals surface area contributed by atoms with Crippen molar-refractivity contribution in [1.82, 2.24) is 9.80 Å². The second-order valence-electron chi connectivity index (χ2n) is 6.14. The predicted molar refractivity (Wildman–Crippen MR) is 100 cm³/mol. The van der Waals surface area contributed by atoms with E-state index in [2.05, 4.69) is 24.1 Å². The predicted octanol–water partition coefficient (Wildman–Crippen LogP) is 3.89. The lowest BCUT2D eigenvalue weighted by atomic mass is 10.0. The van der Waals surface area contributed by atoms with Gasteiger partial charge in [-0.1, -0.05) is 53.5 Å². The zero-order chi connectivity index (χ0) is 17.8. The molecule has 1 atom stereocenters. The maximum Gasteiger partial charge on any atom is 0.261 e. The number of ether oxygens (including phenoxy) is 1. The molecule has 0 saturated carbocycles. The number of carbonyl (C=O) groups excluding carboxylic acids is 1. The summed E-state index contributed by atoms with van der Waals surface area (Å²) in [5.41, 5.74) is 1.13. The maximum atomic E-state index is 12.8. The van der Waals surface area contributed by atoms with E-state index in [1.165, 1.54) is 0 Å². The van der Waals surface area contributed by atoms with Gasteiger partial charge in [-0.15, -0.1) is 0 Å². The summed E-state index contributed by atoms with van der Waals surface area (Å²) in [6.07, 6.45) is 0. The van der Waals surface area contributed by atoms with Crippen molar-refractivity contribution < 1.29 is 9.53 Å². The molecule has 3 rings (SSSR count). The molecule has 0 radical (unpaired) electrons. The average Bonchev–Trinajstić information content (AvgIpc) is 2.63. The lowest BCUT2D eigenvalue weighted by Crippen LogP contribution is -2.50. The smallest absolute Gasteiger partial charge is 0.261 e. The van der Waals surface area contributed by atoms with Crippen LogP contribution in [0.2, 0.25) is 10.0 Å². The molecule has 0 N–H and O–H groups in total. The third-order valence-corrected chi connectivity index (χ3v) is 4.88. The number of likely N-dealkylation sites (N-methyl/N-ethyl adjacent to an activating group) is 1. The second kappa shape index (κ2) is 8.09. The number of halogens is 2. The van der Waals surface area contributed by atoms with E-state index in [4.69, 9.17) is 27.9 Å². The minimum atomic E-state index is -0.0624. The first-order chi connectivity index (χ1) is 12.0. The Morgan fingerprint density at radius 3 is 2.68 bits per heavy atom. The standard InChI is InChI=1S/C19H20Cl2N2O2/c1-22-9-10-23(17(12-22)14-5-3-2-4-6-14)19(24)13-25-18-11-15(20)7-8-16(18)21/h2-8,11,17H,9-10,12-13H2,1H3. The lowest BCUT2D eigenvalue weighted by Gasteiger charge is -2.40. The number of nitrogens with zero attached hydrogens (tertiary/aromatic N) is 2. The highest BCUT2D eigenvalue weighted by Crippen LogP contribution is 2.29. The number of hydrogen-bond acceptors (Lipinski definition) is 3. The van der Waals surface area contributed by atoms with Gasteiger partial charge >= 0.3 is 0 Å². The fraction of sp³-hybridized carbons (Fsp3) is 0.316. The summed E-state index contributed by atoms with van der Waals surface area (Å²) in [4.78, 5) is 16.9. The van der Waals surface area contributed by atoms with Crippen LogP contribution in [0.25, 0.3) is 0 Å². The second-order valence-corrected chi connectivity index (χ2v) is 6.98. The summed E-state index contributed by atoms with van der Waals surface area (Å²) >= 11 is 12.1. The molecule has 2 aromatic carbocycles. The van der Waals surface area contributed by atoms with Crippen LogP contribution < -0.4 is 4.74 Å². The highest BCUT2D eigenvalue weighted by atomic mass is 35.5. The molecule has 1 aliphatic rings. The SMILES string of the molecule is CN1CCN(C(=O)COc2cc(Cl)ccc2Cl)C(c2ccccc2)C1. The first-order valence-corrected chi connectivity index (χ1v) is 8.91.